The largest absolute Gasteiger partial charge is 0.394 e. The summed E-state index contributed by atoms with van der Waals surface area (Å²) in [5, 5.41) is 73.9. The van der Waals surface area contributed by atoms with Gasteiger partial charge in [-0.2, -0.15) is 0 Å². The van der Waals surface area contributed by atoms with Crippen molar-refractivity contribution in [2.45, 2.75) is 135 Å². The number of fused-ring (bicyclic) bond motifs is 1. The normalized spacial score (nSPS) is 55.1. The maximum absolute atomic E-state index is 11.2. The molecule has 0 amide bonds. The van der Waals surface area contributed by atoms with Crippen LogP contribution in [0.25, 0.3) is 0 Å². The van der Waals surface area contributed by atoms with Gasteiger partial charge in [-0.25, -0.2) is 0 Å². The van der Waals surface area contributed by atoms with E-state index in [2.05, 4.69) is 0 Å². The number of hydrogen-bond donors (Lipinski definition) is 12. The molecule has 4 aliphatic heterocycles. The van der Waals surface area contributed by atoms with E-state index in [9.17, 15) is 35.7 Å². The second-order valence-corrected chi connectivity index (χ2v) is 12.1. The van der Waals surface area contributed by atoms with Crippen molar-refractivity contribution in [2.75, 3.05) is 19.8 Å². The van der Waals surface area contributed by atoms with Gasteiger partial charge in [0.05, 0.1) is 30.9 Å². The van der Waals surface area contributed by atoms with Gasteiger partial charge in [0.15, 0.2) is 18.9 Å². The number of hydrogen-bond acceptors (Lipinski definition) is 19. The van der Waals surface area contributed by atoms with Gasteiger partial charge in [0, 0.05) is 25.2 Å². The molecule has 4 heterocycles. The number of aliphatic hydroxyl groups excluding tert-OH is 7. The molecule has 1 saturated carbocycles. The van der Waals surface area contributed by atoms with E-state index in [-0.39, 0.29) is 26.0 Å². The summed E-state index contributed by atoms with van der Waals surface area (Å²) in [4.78, 5) is 0. The van der Waals surface area contributed by atoms with Crippen LogP contribution in [0.3, 0.4) is 0 Å². The minimum Gasteiger partial charge on any atom is -0.394 e. The Morgan fingerprint density at radius 2 is 1.23 bits per heavy atom. The smallest absolute Gasteiger partial charge is 0.187 e. The topological polar surface area (TPSA) is 336 Å². The zero-order valence-electron chi connectivity index (χ0n) is 24.0. The molecule has 44 heavy (non-hydrogen) atoms. The Kier molecular flexibility index (Phi) is 11.1. The predicted molar refractivity (Wildman–Crippen MR) is 144 cm³/mol. The van der Waals surface area contributed by atoms with Gasteiger partial charge in [-0.3, -0.25) is 0 Å². The van der Waals surface area contributed by atoms with Crippen LogP contribution in [0.1, 0.15) is 12.8 Å². The molecule has 0 aromatic heterocycles. The summed E-state index contributed by atoms with van der Waals surface area (Å²) in [5.74, 6) is 0. The maximum Gasteiger partial charge on any atom is 0.187 e. The van der Waals surface area contributed by atoms with E-state index < -0.39 is 129 Å². The highest BCUT2D eigenvalue weighted by Gasteiger charge is 2.55. The van der Waals surface area contributed by atoms with E-state index in [4.69, 9.17) is 61.8 Å². The van der Waals surface area contributed by atoms with Gasteiger partial charge in [-0.15, -0.1) is 0 Å². The van der Waals surface area contributed by atoms with Crippen molar-refractivity contribution in [3.05, 3.63) is 0 Å². The van der Waals surface area contributed by atoms with E-state index in [1.807, 2.05) is 0 Å². The monoisotopic (exact) mass is 641 g/mol. The van der Waals surface area contributed by atoms with E-state index in [1.54, 1.807) is 0 Å². The lowest BCUT2D eigenvalue weighted by Crippen LogP contribution is -2.69. The van der Waals surface area contributed by atoms with Crippen molar-refractivity contribution >= 4 is 0 Å². The van der Waals surface area contributed by atoms with Crippen LogP contribution in [0.15, 0.2) is 0 Å². The van der Waals surface area contributed by atoms with Crippen LogP contribution in [0.5, 0.6) is 0 Å². The number of aliphatic hydroxyl groups is 7. The van der Waals surface area contributed by atoms with Crippen LogP contribution in [0.4, 0.5) is 0 Å². The third-order valence-electron chi connectivity index (χ3n) is 9.15. The van der Waals surface area contributed by atoms with Crippen molar-refractivity contribution in [2.24, 2.45) is 28.7 Å². The van der Waals surface area contributed by atoms with Gasteiger partial charge in [-0.1, -0.05) is 0 Å². The summed E-state index contributed by atoms with van der Waals surface area (Å²) in [6.07, 6.45) is -19.6. The zero-order valence-corrected chi connectivity index (χ0v) is 24.0. The quantitative estimate of drug-likeness (QED) is 0.117. The van der Waals surface area contributed by atoms with E-state index in [0.29, 0.717) is 0 Å². The van der Waals surface area contributed by atoms with E-state index in [0.717, 1.165) is 0 Å². The molecular weight excluding hydrogens is 594 g/mol. The fourth-order valence-electron chi connectivity index (χ4n) is 6.49. The van der Waals surface area contributed by atoms with Crippen molar-refractivity contribution < 1.29 is 68.9 Å². The molecule has 0 radical (unpaired) electrons. The van der Waals surface area contributed by atoms with Gasteiger partial charge in [-0.05, 0) is 12.8 Å². The van der Waals surface area contributed by atoms with Crippen LogP contribution in [-0.4, -0.2) is 178 Å². The van der Waals surface area contributed by atoms with E-state index >= 15 is 0 Å². The van der Waals surface area contributed by atoms with E-state index in [1.165, 1.54) is 0 Å². The predicted octanol–water partition coefficient (Wildman–Crippen LogP) is -8.07. The van der Waals surface area contributed by atoms with Crippen LogP contribution in [-0.2, 0) is 33.2 Å². The summed E-state index contributed by atoms with van der Waals surface area (Å²) in [6.45, 7) is -0.590. The molecule has 5 rings (SSSR count). The van der Waals surface area contributed by atoms with Crippen molar-refractivity contribution in [3.8, 4) is 0 Å². The highest BCUT2D eigenvalue weighted by Crippen LogP contribution is 2.35. The second-order valence-electron chi connectivity index (χ2n) is 12.1. The number of rotatable bonds is 8. The molecule has 5 fully saturated rings. The summed E-state index contributed by atoms with van der Waals surface area (Å²) < 4.78 is 40.7. The Bertz CT molecular complexity index is 946. The van der Waals surface area contributed by atoms with Gasteiger partial charge < -0.3 is 97.6 Å². The summed E-state index contributed by atoms with van der Waals surface area (Å²) in [5.41, 5.74) is 30.3. The Morgan fingerprint density at radius 3 is 1.91 bits per heavy atom. The molecular formula is C25H47N5O14. The van der Waals surface area contributed by atoms with Crippen molar-refractivity contribution in [1.82, 2.24) is 0 Å². The molecule has 17 N–H and O–H groups in total. The zero-order chi connectivity index (χ0) is 32.0. The molecule has 256 valence electrons. The van der Waals surface area contributed by atoms with Gasteiger partial charge in [0.25, 0.3) is 0 Å². The fraction of sp³-hybridized carbons (Fsp3) is 1.00. The molecule has 19 heteroatoms. The summed E-state index contributed by atoms with van der Waals surface area (Å²) in [6, 6.07) is -4.08. The second kappa shape index (κ2) is 14.2. The molecule has 0 aromatic carbocycles. The molecule has 1 aliphatic carbocycles. The average molecular weight is 642 g/mol. The van der Waals surface area contributed by atoms with Crippen LogP contribution in [0.2, 0.25) is 0 Å². The first-order chi connectivity index (χ1) is 20.9. The maximum atomic E-state index is 11.2. The number of nitrogens with two attached hydrogens (primary N) is 5. The lowest BCUT2D eigenvalue weighted by Gasteiger charge is -2.49. The van der Waals surface area contributed by atoms with Crippen LogP contribution < -0.4 is 28.7 Å². The minimum atomic E-state index is -1.60. The van der Waals surface area contributed by atoms with Gasteiger partial charge >= 0.3 is 0 Å². The Labute approximate surface area is 253 Å². The Hall–Kier alpha value is -0.760. The Morgan fingerprint density at radius 1 is 0.614 bits per heavy atom. The van der Waals surface area contributed by atoms with Crippen LogP contribution in [0, 0.1) is 0 Å². The average Bonchev–Trinajstić information content (AvgIpc) is 3.30. The first-order valence-corrected chi connectivity index (χ1v) is 14.8. The summed E-state index contributed by atoms with van der Waals surface area (Å²) >= 11 is 0. The van der Waals surface area contributed by atoms with Gasteiger partial charge in [0.1, 0.15) is 67.1 Å². The highest BCUT2D eigenvalue weighted by atomic mass is 16.8. The van der Waals surface area contributed by atoms with Crippen LogP contribution >= 0.6 is 0 Å². The molecule has 0 spiro atoms. The lowest BCUT2D eigenvalue weighted by atomic mass is 9.84. The minimum absolute atomic E-state index is 0.0977. The third kappa shape index (κ3) is 6.52. The molecule has 19 nitrogen and oxygen atoms in total. The first kappa shape index (κ1) is 34.6. The summed E-state index contributed by atoms with van der Waals surface area (Å²) in [7, 11) is 0. The lowest BCUT2D eigenvalue weighted by molar-refractivity contribution is -0.328. The van der Waals surface area contributed by atoms with Crippen molar-refractivity contribution in [1.29, 1.82) is 0 Å². The SMILES string of the molecule is NCC1O[C@H](OC2C(O)[C@H](OC3C(O)[C@H](N)CC(N)[C@H]3O[C@H]3OC4C(O)CCO[C@H]4C(O)C3N)O[C@@H]2CO)C(N)C(O)[C@@H]1O. The van der Waals surface area contributed by atoms with Gasteiger partial charge in [0.2, 0.25) is 0 Å². The van der Waals surface area contributed by atoms with Crippen molar-refractivity contribution in [3.63, 3.8) is 0 Å². The number of ether oxygens (including phenoxy) is 7. The molecule has 0 aromatic rings. The standard InChI is InChI=1S/C25H47N5O14/c26-4-9-14(34)15(35)11(29)23(39-9)43-20-10(5-31)40-25(17(20)37)44-22-13(33)6(27)3-7(28)18(22)41-24-12(30)16(36)21-19(42-24)8(32)1-2-38-21/h6-25,31-37H,1-5,26-30H2/t6-,7?,8?,9?,10-,11?,12?,13?,14-,15?,16?,17?,18-,19?,20?,21+,22?,23-,24+,25+/m1/s1. The fourth-order valence-corrected chi connectivity index (χ4v) is 6.49. The molecule has 12 unspecified atom stereocenters. The third-order valence-corrected chi connectivity index (χ3v) is 9.15. The molecule has 20 atom stereocenters. The highest BCUT2D eigenvalue weighted by molar-refractivity contribution is 5.03. The molecule has 0 bridgehead atoms. The Balaban J connectivity index is 1.30. The molecule has 5 aliphatic rings. The first-order valence-electron chi connectivity index (χ1n) is 14.8. The molecule has 4 saturated heterocycles.